The van der Waals surface area contributed by atoms with E-state index in [1.54, 1.807) is 30.6 Å². The number of amides is 2. The van der Waals surface area contributed by atoms with E-state index < -0.39 is 29.9 Å². The Labute approximate surface area is 141 Å². The quantitative estimate of drug-likeness (QED) is 0.630. The van der Waals surface area contributed by atoms with Crippen LogP contribution < -0.4 is 10.6 Å². The molecular weight excluding hydrogens is 316 g/mol. The lowest BCUT2D eigenvalue weighted by atomic mass is 10.1. The highest BCUT2D eigenvalue weighted by molar-refractivity contribution is 5.86. The predicted octanol–water partition coefficient (Wildman–Crippen LogP) is -0.572. The van der Waals surface area contributed by atoms with Gasteiger partial charge in [0.25, 0.3) is 0 Å². The highest BCUT2D eigenvalue weighted by Crippen LogP contribution is 2.20. The fourth-order valence-electron chi connectivity index (χ4n) is 2.98. The van der Waals surface area contributed by atoms with Crippen molar-refractivity contribution in [3.8, 4) is 0 Å². The Bertz CT molecular complexity index is 505. The van der Waals surface area contributed by atoms with Crippen molar-refractivity contribution in [2.24, 2.45) is 0 Å². The Kier molecular flexibility index (Phi) is 5.66. The number of nitrogens with zero attached hydrogens (tertiary/aromatic N) is 2. The number of carboxylic acid groups (broad SMARTS) is 1. The van der Waals surface area contributed by atoms with Crippen molar-refractivity contribution in [3.63, 3.8) is 0 Å². The van der Waals surface area contributed by atoms with Gasteiger partial charge < -0.3 is 20.5 Å². The third-order valence-corrected chi connectivity index (χ3v) is 3.97. The number of rotatable bonds is 3. The molecule has 2 heterocycles. The Hall–Kier alpha value is -1.87. The molecule has 3 N–H and O–H groups in total. The SMILES string of the molecule is CC(C)(C)OC(=O)N1CCNCC1N1CCNC(=O)C1CC(=O)O. The average Bonchev–Trinajstić information content (AvgIpc) is 2.47. The molecule has 9 nitrogen and oxygen atoms in total. The fourth-order valence-corrected chi connectivity index (χ4v) is 2.98. The van der Waals surface area contributed by atoms with Crippen molar-refractivity contribution >= 4 is 18.0 Å². The third-order valence-electron chi connectivity index (χ3n) is 3.97. The van der Waals surface area contributed by atoms with Gasteiger partial charge in [0.15, 0.2) is 0 Å². The summed E-state index contributed by atoms with van der Waals surface area (Å²) in [6.45, 7) is 7.82. The van der Waals surface area contributed by atoms with Crippen molar-refractivity contribution in [3.05, 3.63) is 0 Å². The average molecular weight is 342 g/mol. The van der Waals surface area contributed by atoms with E-state index in [1.165, 1.54) is 0 Å². The molecule has 0 radical (unpaired) electrons. The Morgan fingerprint density at radius 2 is 2.00 bits per heavy atom. The summed E-state index contributed by atoms with van der Waals surface area (Å²) in [4.78, 5) is 39.1. The molecule has 2 saturated heterocycles. The maximum absolute atomic E-state index is 12.5. The highest BCUT2D eigenvalue weighted by Gasteiger charge is 2.41. The number of ether oxygens (including phenoxy) is 1. The van der Waals surface area contributed by atoms with E-state index in [0.717, 1.165) is 0 Å². The van der Waals surface area contributed by atoms with Gasteiger partial charge in [0.05, 0.1) is 6.42 Å². The molecule has 0 aliphatic carbocycles. The van der Waals surface area contributed by atoms with E-state index in [9.17, 15) is 14.4 Å². The summed E-state index contributed by atoms with van der Waals surface area (Å²) >= 11 is 0. The highest BCUT2D eigenvalue weighted by atomic mass is 16.6. The van der Waals surface area contributed by atoms with Crippen molar-refractivity contribution in [2.45, 2.75) is 45.0 Å². The number of piperazine rings is 2. The first-order valence-corrected chi connectivity index (χ1v) is 8.14. The molecule has 9 heteroatoms. The van der Waals surface area contributed by atoms with Gasteiger partial charge in [0.2, 0.25) is 5.91 Å². The summed E-state index contributed by atoms with van der Waals surface area (Å²) in [5, 5.41) is 15.0. The van der Waals surface area contributed by atoms with Gasteiger partial charge >= 0.3 is 12.1 Å². The van der Waals surface area contributed by atoms with Crippen LogP contribution in [-0.2, 0) is 14.3 Å². The largest absolute Gasteiger partial charge is 0.481 e. The zero-order valence-electron chi connectivity index (χ0n) is 14.4. The van der Waals surface area contributed by atoms with E-state index >= 15 is 0 Å². The second-order valence-electron chi connectivity index (χ2n) is 7.00. The molecule has 2 amide bonds. The normalized spacial score (nSPS) is 26.0. The molecule has 136 valence electrons. The smallest absolute Gasteiger partial charge is 0.411 e. The van der Waals surface area contributed by atoms with Crippen LogP contribution in [0.2, 0.25) is 0 Å². The fraction of sp³-hybridized carbons (Fsp3) is 0.800. The Balaban J connectivity index is 2.19. The first-order valence-electron chi connectivity index (χ1n) is 8.14. The number of aliphatic carboxylic acids is 1. The molecule has 2 aliphatic rings. The molecular formula is C15H26N4O5. The molecule has 24 heavy (non-hydrogen) atoms. The second-order valence-corrected chi connectivity index (χ2v) is 7.00. The van der Waals surface area contributed by atoms with Gasteiger partial charge in [-0.1, -0.05) is 0 Å². The van der Waals surface area contributed by atoms with Gasteiger partial charge in [-0.2, -0.15) is 0 Å². The minimum atomic E-state index is -1.05. The van der Waals surface area contributed by atoms with Gasteiger partial charge in [-0.25, -0.2) is 4.79 Å². The van der Waals surface area contributed by atoms with Crippen LogP contribution in [0.1, 0.15) is 27.2 Å². The first kappa shape index (κ1) is 18.5. The van der Waals surface area contributed by atoms with Gasteiger partial charge in [0, 0.05) is 32.7 Å². The topological polar surface area (TPSA) is 111 Å². The van der Waals surface area contributed by atoms with Crippen molar-refractivity contribution in [1.82, 2.24) is 20.4 Å². The maximum atomic E-state index is 12.5. The molecule has 0 bridgehead atoms. The molecule has 0 aromatic rings. The van der Waals surface area contributed by atoms with Gasteiger partial charge in [-0.15, -0.1) is 0 Å². The zero-order valence-corrected chi connectivity index (χ0v) is 14.4. The molecule has 0 spiro atoms. The Morgan fingerprint density at radius 1 is 1.29 bits per heavy atom. The molecule has 0 aromatic carbocycles. The summed E-state index contributed by atoms with van der Waals surface area (Å²) in [6, 6.07) is -0.800. The van der Waals surface area contributed by atoms with Crippen LogP contribution in [0.15, 0.2) is 0 Å². The molecule has 2 atom stereocenters. The minimum absolute atomic E-state index is 0.301. The van der Waals surface area contributed by atoms with Crippen LogP contribution in [0.5, 0.6) is 0 Å². The number of carboxylic acids is 1. The number of carbonyl (C=O) groups is 3. The van der Waals surface area contributed by atoms with Crippen LogP contribution in [0.3, 0.4) is 0 Å². The summed E-state index contributed by atoms with van der Waals surface area (Å²) in [7, 11) is 0. The minimum Gasteiger partial charge on any atom is -0.481 e. The van der Waals surface area contributed by atoms with Crippen LogP contribution in [0, 0.1) is 0 Å². The summed E-state index contributed by atoms with van der Waals surface area (Å²) in [6.07, 6.45) is -1.16. The molecule has 0 saturated carbocycles. The van der Waals surface area contributed by atoms with Gasteiger partial charge in [-0.3, -0.25) is 19.4 Å². The molecule has 2 unspecified atom stereocenters. The van der Waals surface area contributed by atoms with Gasteiger partial charge in [0.1, 0.15) is 17.8 Å². The maximum Gasteiger partial charge on any atom is 0.411 e. The predicted molar refractivity (Wildman–Crippen MR) is 85.4 cm³/mol. The van der Waals surface area contributed by atoms with Crippen molar-refractivity contribution in [2.75, 3.05) is 32.7 Å². The first-order chi connectivity index (χ1) is 11.2. The molecule has 2 rings (SSSR count). The third kappa shape index (κ3) is 4.57. The van der Waals surface area contributed by atoms with Crippen LogP contribution in [0.25, 0.3) is 0 Å². The second kappa shape index (κ2) is 7.35. The summed E-state index contributed by atoms with van der Waals surface area (Å²) in [5.74, 6) is -1.37. The van der Waals surface area contributed by atoms with Crippen LogP contribution in [0.4, 0.5) is 4.79 Å². The monoisotopic (exact) mass is 342 g/mol. The van der Waals surface area contributed by atoms with E-state index in [0.29, 0.717) is 32.7 Å². The standard InChI is InChI=1S/C15H26N4O5/c1-15(2,3)24-14(23)19-6-4-16-9-11(19)18-7-5-17-13(22)10(18)8-12(20)21/h10-11,16H,4-9H2,1-3H3,(H,17,22)(H,20,21). The van der Waals surface area contributed by atoms with Crippen LogP contribution in [-0.4, -0.2) is 83.4 Å². The lowest BCUT2D eigenvalue weighted by molar-refractivity contribution is -0.145. The lowest BCUT2D eigenvalue weighted by Gasteiger charge is -2.46. The van der Waals surface area contributed by atoms with E-state index in [1.807, 2.05) is 0 Å². The summed E-state index contributed by atoms with van der Waals surface area (Å²) in [5.41, 5.74) is -0.619. The summed E-state index contributed by atoms with van der Waals surface area (Å²) < 4.78 is 5.46. The number of hydrogen-bond acceptors (Lipinski definition) is 6. The van der Waals surface area contributed by atoms with E-state index in [4.69, 9.17) is 9.84 Å². The number of carbonyl (C=O) groups excluding carboxylic acids is 2. The van der Waals surface area contributed by atoms with E-state index in [2.05, 4.69) is 10.6 Å². The van der Waals surface area contributed by atoms with Crippen LogP contribution >= 0.6 is 0 Å². The Morgan fingerprint density at radius 3 is 2.62 bits per heavy atom. The number of nitrogens with one attached hydrogen (secondary N) is 2. The zero-order chi connectivity index (χ0) is 17.9. The van der Waals surface area contributed by atoms with Crippen molar-refractivity contribution in [1.29, 1.82) is 0 Å². The number of hydrogen-bond donors (Lipinski definition) is 3. The molecule has 0 aromatic heterocycles. The molecule has 2 fully saturated rings. The van der Waals surface area contributed by atoms with Gasteiger partial charge in [-0.05, 0) is 20.8 Å². The van der Waals surface area contributed by atoms with Crippen molar-refractivity contribution < 1.29 is 24.2 Å². The molecule has 2 aliphatic heterocycles. The van der Waals surface area contributed by atoms with E-state index in [-0.39, 0.29) is 12.3 Å². The lowest BCUT2D eigenvalue weighted by Crippen LogP contribution is -2.68.